The van der Waals surface area contributed by atoms with Crippen molar-refractivity contribution in [2.75, 3.05) is 25.5 Å². The third-order valence-corrected chi connectivity index (χ3v) is 6.28. The number of aliphatic imine (C=N–C) groups is 1. The summed E-state index contributed by atoms with van der Waals surface area (Å²) < 4.78 is 5.52. The molecule has 0 unspecified atom stereocenters. The predicted molar refractivity (Wildman–Crippen MR) is 134 cm³/mol. The molecule has 3 heterocycles. The van der Waals surface area contributed by atoms with Gasteiger partial charge in [0, 0.05) is 38.2 Å². The summed E-state index contributed by atoms with van der Waals surface area (Å²) >= 11 is 0. The largest absolute Gasteiger partial charge is 0.484 e. The number of amides is 2. The molecule has 2 aromatic rings. The van der Waals surface area contributed by atoms with Crippen molar-refractivity contribution in [1.82, 2.24) is 9.88 Å². The predicted octanol–water partition coefficient (Wildman–Crippen LogP) is 4.32. The number of likely N-dealkylation sites (tertiary alicyclic amines) is 1. The maximum absolute atomic E-state index is 12.7. The zero-order chi connectivity index (χ0) is 23.9. The monoisotopic (exact) mass is 458 g/mol. The molecule has 1 aromatic heterocycles. The van der Waals surface area contributed by atoms with E-state index in [1.807, 2.05) is 41.3 Å². The number of aromatic nitrogens is 1. The normalized spacial score (nSPS) is 16.8. The minimum atomic E-state index is -0.00751. The SMILES string of the molecule is C=C(/N=C(/CC1CCN(C(=O)/C=C/c2cnc3c(c2)CCC(=O)N3)CC1)OC)c1ccccc1. The van der Waals surface area contributed by atoms with Gasteiger partial charge in [-0.1, -0.05) is 36.9 Å². The molecule has 1 aromatic carbocycles. The van der Waals surface area contributed by atoms with E-state index in [0.717, 1.165) is 36.0 Å². The minimum Gasteiger partial charge on any atom is -0.484 e. The summed E-state index contributed by atoms with van der Waals surface area (Å²) in [6, 6.07) is 11.8. The highest BCUT2D eigenvalue weighted by molar-refractivity contribution is 5.94. The van der Waals surface area contributed by atoms with Crippen LogP contribution in [0.25, 0.3) is 11.8 Å². The minimum absolute atomic E-state index is 0.00237. The summed E-state index contributed by atoms with van der Waals surface area (Å²) in [7, 11) is 1.64. The maximum atomic E-state index is 12.7. The van der Waals surface area contributed by atoms with Crippen LogP contribution in [0.5, 0.6) is 0 Å². The zero-order valence-electron chi connectivity index (χ0n) is 19.5. The Morgan fingerprint density at radius 3 is 2.76 bits per heavy atom. The molecule has 2 aliphatic rings. The fourth-order valence-corrected chi connectivity index (χ4v) is 4.26. The number of fused-ring (bicyclic) bond motifs is 1. The topological polar surface area (TPSA) is 83.9 Å². The molecule has 0 aliphatic carbocycles. The molecule has 1 fully saturated rings. The molecule has 1 N–H and O–H groups in total. The van der Waals surface area contributed by atoms with Crippen LogP contribution in [0.15, 0.2) is 60.2 Å². The van der Waals surface area contributed by atoms with E-state index in [0.29, 0.717) is 49.3 Å². The molecule has 1 saturated heterocycles. The van der Waals surface area contributed by atoms with Crippen molar-refractivity contribution in [2.45, 2.75) is 32.1 Å². The second-order valence-electron chi connectivity index (χ2n) is 8.65. The number of aryl methyl sites for hydroxylation is 1. The van der Waals surface area contributed by atoms with E-state index in [1.165, 1.54) is 0 Å². The van der Waals surface area contributed by atoms with Crippen LogP contribution >= 0.6 is 0 Å². The molecule has 0 atom stereocenters. The van der Waals surface area contributed by atoms with E-state index in [-0.39, 0.29) is 11.8 Å². The van der Waals surface area contributed by atoms with E-state index in [4.69, 9.17) is 4.74 Å². The van der Waals surface area contributed by atoms with E-state index in [1.54, 1.807) is 25.5 Å². The van der Waals surface area contributed by atoms with Crippen LogP contribution in [-0.2, 0) is 20.7 Å². The van der Waals surface area contributed by atoms with Crippen LogP contribution in [0.2, 0.25) is 0 Å². The highest BCUT2D eigenvalue weighted by Crippen LogP contribution is 2.24. The molecule has 2 amide bonds. The van der Waals surface area contributed by atoms with Crippen LogP contribution in [0.3, 0.4) is 0 Å². The van der Waals surface area contributed by atoms with Crippen LogP contribution in [0.1, 0.15) is 42.4 Å². The second kappa shape index (κ2) is 10.9. The molecule has 34 heavy (non-hydrogen) atoms. The van der Waals surface area contributed by atoms with Crippen LogP contribution in [0.4, 0.5) is 5.82 Å². The lowest BCUT2D eigenvalue weighted by Crippen LogP contribution is -2.38. The van der Waals surface area contributed by atoms with Crippen LogP contribution in [0, 0.1) is 5.92 Å². The number of nitrogens with one attached hydrogen (secondary N) is 1. The average Bonchev–Trinajstić information content (AvgIpc) is 2.87. The van der Waals surface area contributed by atoms with Crippen molar-refractivity contribution < 1.29 is 14.3 Å². The van der Waals surface area contributed by atoms with Crippen molar-refractivity contribution in [3.63, 3.8) is 0 Å². The molecule has 7 nitrogen and oxygen atoms in total. The number of carbonyl (C=O) groups is 2. The summed E-state index contributed by atoms with van der Waals surface area (Å²) in [6.07, 6.45) is 8.75. The van der Waals surface area contributed by atoms with Gasteiger partial charge in [-0.2, -0.15) is 0 Å². The van der Waals surface area contributed by atoms with Gasteiger partial charge in [0.05, 0.1) is 12.8 Å². The maximum Gasteiger partial charge on any atom is 0.246 e. The molecule has 2 aliphatic heterocycles. The molecule has 0 saturated carbocycles. The van der Waals surface area contributed by atoms with Gasteiger partial charge in [-0.3, -0.25) is 9.59 Å². The fraction of sp³-hybridized carbons (Fsp3) is 0.333. The Morgan fingerprint density at radius 2 is 2.03 bits per heavy atom. The van der Waals surface area contributed by atoms with E-state index >= 15 is 0 Å². The molecule has 0 radical (unpaired) electrons. The molecule has 0 bridgehead atoms. The highest BCUT2D eigenvalue weighted by Gasteiger charge is 2.23. The Labute approximate surface area is 200 Å². The first-order valence-corrected chi connectivity index (χ1v) is 11.6. The first-order chi connectivity index (χ1) is 16.5. The molecule has 176 valence electrons. The number of hydrogen-bond acceptors (Lipinski definition) is 5. The number of carbonyl (C=O) groups excluding carboxylic acids is 2. The van der Waals surface area contributed by atoms with Gasteiger partial charge in [-0.05, 0) is 54.0 Å². The zero-order valence-corrected chi connectivity index (χ0v) is 19.5. The number of benzene rings is 1. The summed E-state index contributed by atoms with van der Waals surface area (Å²) in [4.78, 5) is 34.9. The Kier molecular flexibility index (Phi) is 7.52. The van der Waals surface area contributed by atoms with E-state index < -0.39 is 0 Å². The number of piperidine rings is 1. The molecule has 0 spiro atoms. The number of methoxy groups -OCH3 is 1. The summed E-state index contributed by atoms with van der Waals surface area (Å²) in [5.41, 5.74) is 3.52. The standard InChI is InChI=1S/C27H30N4O3/c1-19(22-6-4-3-5-7-22)29-25(34-2)17-20-12-14-31(15-13-20)26(33)11-8-21-16-23-9-10-24(32)30-27(23)28-18-21/h3-8,11,16,18,20H,1,9-10,12-15,17H2,2H3,(H,28,30,32)/b11-8+,29-25-. The lowest BCUT2D eigenvalue weighted by Gasteiger charge is -2.31. The lowest BCUT2D eigenvalue weighted by atomic mass is 9.93. The van der Waals surface area contributed by atoms with Crippen LogP contribution < -0.4 is 5.32 Å². The smallest absolute Gasteiger partial charge is 0.246 e. The molecular formula is C27H30N4O3. The number of ether oxygens (including phenoxy) is 1. The van der Waals surface area contributed by atoms with Crippen molar-refractivity contribution >= 4 is 35.3 Å². The summed E-state index contributed by atoms with van der Waals surface area (Å²) in [5, 5.41) is 2.77. The van der Waals surface area contributed by atoms with Crippen molar-refractivity contribution in [1.29, 1.82) is 0 Å². The summed E-state index contributed by atoms with van der Waals surface area (Å²) in [5.74, 6) is 1.70. The molecule has 4 rings (SSSR count). The first-order valence-electron chi connectivity index (χ1n) is 11.6. The summed E-state index contributed by atoms with van der Waals surface area (Å²) in [6.45, 7) is 5.48. The molecule has 7 heteroatoms. The van der Waals surface area contributed by atoms with E-state index in [9.17, 15) is 9.59 Å². The van der Waals surface area contributed by atoms with Gasteiger partial charge in [0.25, 0.3) is 0 Å². The van der Waals surface area contributed by atoms with Gasteiger partial charge in [0.15, 0.2) is 5.90 Å². The number of rotatable bonds is 6. The number of anilines is 1. The average molecular weight is 459 g/mol. The third-order valence-electron chi connectivity index (χ3n) is 6.28. The van der Waals surface area contributed by atoms with Gasteiger partial charge in [-0.25, -0.2) is 9.98 Å². The number of pyridine rings is 1. The van der Waals surface area contributed by atoms with Crippen molar-refractivity contribution in [3.8, 4) is 0 Å². The van der Waals surface area contributed by atoms with E-state index in [2.05, 4.69) is 21.9 Å². The lowest BCUT2D eigenvalue weighted by molar-refractivity contribution is -0.127. The Balaban J connectivity index is 1.28. The van der Waals surface area contributed by atoms with Gasteiger partial charge < -0.3 is 15.0 Å². The number of hydrogen-bond donors (Lipinski definition) is 1. The van der Waals surface area contributed by atoms with Gasteiger partial charge in [0.2, 0.25) is 11.8 Å². The molecular weight excluding hydrogens is 428 g/mol. The fourth-order valence-electron chi connectivity index (χ4n) is 4.26. The van der Waals surface area contributed by atoms with Gasteiger partial charge in [0.1, 0.15) is 5.82 Å². The number of nitrogens with zero attached hydrogens (tertiary/aromatic N) is 3. The highest BCUT2D eigenvalue weighted by atomic mass is 16.5. The second-order valence-corrected chi connectivity index (χ2v) is 8.65. The third kappa shape index (κ3) is 5.98. The van der Waals surface area contributed by atoms with Crippen LogP contribution in [-0.4, -0.2) is 47.8 Å². The Morgan fingerprint density at radius 1 is 1.26 bits per heavy atom. The Bertz CT molecular complexity index is 1120. The van der Waals surface area contributed by atoms with Crippen molar-refractivity contribution in [2.24, 2.45) is 10.9 Å². The first kappa shape index (κ1) is 23.4. The van der Waals surface area contributed by atoms with Crippen molar-refractivity contribution in [3.05, 3.63) is 71.9 Å². The quantitative estimate of drug-likeness (QED) is 0.397. The van der Waals surface area contributed by atoms with Gasteiger partial charge >= 0.3 is 0 Å². The van der Waals surface area contributed by atoms with Gasteiger partial charge in [-0.15, -0.1) is 0 Å². The Hall–Kier alpha value is -3.74.